The van der Waals surface area contributed by atoms with Crippen LogP contribution in [0.3, 0.4) is 0 Å². The summed E-state index contributed by atoms with van der Waals surface area (Å²) in [6.45, 7) is 2.55. The lowest BCUT2D eigenvalue weighted by Crippen LogP contribution is -2.37. The molecule has 2 aliphatic rings. The Morgan fingerprint density at radius 2 is 2.03 bits per heavy atom. The van der Waals surface area contributed by atoms with E-state index in [1.165, 1.54) is 15.0 Å². The summed E-state index contributed by atoms with van der Waals surface area (Å²) in [6, 6.07) is 5.14. The first-order chi connectivity index (χ1) is 14.4. The molecule has 1 N–H and O–H groups in total. The summed E-state index contributed by atoms with van der Waals surface area (Å²) in [5, 5.41) is 7.11. The highest BCUT2D eigenvalue weighted by atomic mass is 32.2. The largest absolute Gasteiger partial charge is 0.378 e. The van der Waals surface area contributed by atoms with Gasteiger partial charge >= 0.3 is 0 Å². The van der Waals surface area contributed by atoms with E-state index in [1.54, 1.807) is 37.6 Å². The number of anilines is 2. The van der Waals surface area contributed by atoms with Crippen LogP contribution in [-0.4, -0.2) is 66.6 Å². The van der Waals surface area contributed by atoms with Crippen LogP contribution in [-0.2, 0) is 21.3 Å². The van der Waals surface area contributed by atoms with Crippen LogP contribution in [0.2, 0.25) is 0 Å². The number of carbonyl (C=O) groups excluding carboxylic acids is 1. The van der Waals surface area contributed by atoms with Crippen LogP contribution in [0.4, 0.5) is 11.4 Å². The van der Waals surface area contributed by atoms with E-state index in [0.29, 0.717) is 54.5 Å². The predicted octanol–water partition coefficient (Wildman–Crippen LogP) is 0.952. The van der Waals surface area contributed by atoms with Gasteiger partial charge in [-0.2, -0.15) is 9.40 Å². The molecule has 2 aliphatic heterocycles. The van der Waals surface area contributed by atoms with Gasteiger partial charge in [-0.1, -0.05) is 0 Å². The van der Waals surface area contributed by atoms with Crippen LogP contribution in [0.15, 0.2) is 41.7 Å². The molecule has 0 aliphatic carbocycles. The Bertz CT molecular complexity index is 1250. The zero-order valence-electron chi connectivity index (χ0n) is 16.3. The SMILES string of the molecule is CN1Cc2cc(NC(=O)c3cnn4cccnc34)c(N3CCOCC3)cc2S1(=O)=O. The van der Waals surface area contributed by atoms with Crippen molar-refractivity contribution < 1.29 is 17.9 Å². The number of hydrogen-bond acceptors (Lipinski definition) is 7. The first-order valence-electron chi connectivity index (χ1n) is 9.51. The fraction of sp³-hybridized carbons (Fsp3) is 0.316. The molecule has 0 radical (unpaired) electrons. The van der Waals surface area contributed by atoms with Crippen molar-refractivity contribution in [2.24, 2.45) is 0 Å². The van der Waals surface area contributed by atoms with Gasteiger partial charge in [-0.15, -0.1) is 0 Å². The number of hydrogen-bond donors (Lipinski definition) is 1. The number of benzene rings is 1. The van der Waals surface area contributed by atoms with Crippen LogP contribution in [0.5, 0.6) is 0 Å². The van der Waals surface area contributed by atoms with E-state index in [-0.39, 0.29) is 17.3 Å². The number of morpholine rings is 1. The number of fused-ring (bicyclic) bond motifs is 2. The summed E-state index contributed by atoms with van der Waals surface area (Å²) in [4.78, 5) is 19.6. The Balaban J connectivity index is 1.57. The number of nitrogens with one attached hydrogen (secondary N) is 1. The van der Waals surface area contributed by atoms with Crippen LogP contribution in [0.1, 0.15) is 15.9 Å². The molecule has 1 fully saturated rings. The second-order valence-corrected chi connectivity index (χ2v) is 9.25. The number of aromatic nitrogens is 3. The van der Waals surface area contributed by atoms with Gasteiger partial charge < -0.3 is 15.0 Å². The van der Waals surface area contributed by atoms with Crippen molar-refractivity contribution in [2.75, 3.05) is 43.6 Å². The molecule has 1 amide bonds. The van der Waals surface area contributed by atoms with Gasteiger partial charge in [-0.05, 0) is 23.8 Å². The molecular formula is C19H20N6O4S. The van der Waals surface area contributed by atoms with Crippen molar-refractivity contribution in [3.05, 3.63) is 47.9 Å². The summed E-state index contributed by atoms with van der Waals surface area (Å²) in [5.74, 6) is -0.354. The lowest BCUT2D eigenvalue weighted by atomic mass is 10.1. The molecule has 1 saturated heterocycles. The van der Waals surface area contributed by atoms with Crippen molar-refractivity contribution in [3.63, 3.8) is 0 Å². The maximum Gasteiger partial charge on any atom is 0.261 e. The molecule has 156 valence electrons. The summed E-state index contributed by atoms with van der Waals surface area (Å²) >= 11 is 0. The Labute approximate surface area is 173 Å². The molecule has 1 aromatic carbocycles. The van der Waals surface area contributed by atoms with Crippen LogP contribution < -0.4 is 10.2 Å². The first kappa shape index (κ1) is 19.0. The molecule has 30 heavy (non-hydrogen) atoms. The molecule has 0 unspecified atom stereocenters. The third-order valence-corrected chi connectivity index (χ3v) is 7.27. The molecule has 11 heteroatoms. The van der Waals surface area contributed by atoms with Crippen LogP contribution in [0.25, 0.3) is 5.65 Å². The van der Waals surface area contributed by atoms with Crippen molar-refractivity contribution in [1.82, 2.24) is 18.9 Å². The highest BCUT2D eigenvalue weighted by Crippen LogP contribution is 2.38. The van der Waals surface area contributed by atoms with Crippen molar-refractivity contribution in [3.8, 4) is 0 Å². The highest BCUT2D eigenvalue weighted by molar-refractivity contribution is 7.89. The maximum absolute atomic E-state index is 13.0. The second kappa shape index (κ2) is 7.04. The normalized spacial score (nSPS) is 18.5. The zero-order valence-corrected chi connectivity index (χ0v) is 17.1. The van der Waals surface area contributed by atoms with Gasteiger partial charge in [0.15, 0.2) is 5.65 Å². The monoisotopic (exact) mass is 428 g/mol. The summed E-state index contributed by atoms with van der Waals surface area (Å²) in [5.41, 5.74) is 2.66. The number of carbonyl (C=O) groups is 1. The van der Waals surface area contributed by atoms with Gasteiger partial charge in [0, 0.05) is 39.1 Å². The molecular weight excluding hydrogens is 408 g/mol. The van der Waals surface area contributed by atoms with E-state index < -0.39 is 10.0 Å². The molecule has 0 bridgehead atoms. The average Bonchev–Trinajstić information content (AvgIpc) is 3.27. The fourth-order valence-corrected chi connectivity index (χ4v) is 5.17. The Morgan fingerprint density at radius 3 is 2.83 bits per heavy atom. The van der Waals surface area contributed by atoms with E-state index >= 15 is 0 Å². The van der Waals surface area contributed by atoms with E-state index in [2.05, 4.69) is 15.4 Å². The standard InChI is InChI=1S/C19H20N6O4S/c1-23-12-13-9-15(22-19(26)14-11-21-25-4-2-3-20-18(14)25)16(10-17(13)30(23,27)28)24-5-7-29-8-6-24/h2-4,9-11H,5-8,12H2,1H3,(H,22,26). The quantitative estimate of drug-likeness (QED) is 0.662. The minimum Gasteiger partial charge on any atom is -0.378 e. The third-order valence-electron chi connectivity index (χ3n) is 5.38. The number of sulfonamides is 1. The molecule has 10 nitrogen and oxygen atoms in total. The lowest BCUT2D eigenvalue weighted by molar-refractivity contribution is 0.102. The van der Waals surface area contributed by atoms with E-state index in [0.717, 1.165) is 0 Å². The van der Waals surface area contributed by atoms with Crippen molar-refractivity contribution >= 4 is 33.0 Å². The number of amides is 1. The minimum atomic E-state index is -3.52. The maximum atomic E-state index is 13.0. The van der Waals surface area contributed by atoms with E-state index in [1.807, 2.05) is 4.90 Å². The van der Waals surface area contributed by atoms with Crippen LogP contribution in [0, 0.1) is 0 Å². The van der Waals surface area contributed by atoms with Gasteiger partial charge in [-0.25, -0.2) is 17.9 Å². The second-order valence-electron chi connectivity index (χ2n) is 7.24. The highest BCUT2D eigenvalue weighted by Gasteiger charge is 2.34. The predicted molar refractivity (Wildman–Crippen MR) is 109 cm³/mol. The topological polar surface area (TPSA) is 109 Å². The van der Waals surface area contributed by atoms with Gasteiger partial charge in [0.25, 0.3) is 5.91 Å². The average molecular weight is 428 g/mol. The molecule has 0 spiro atoms. The lowest BCUT2D eigenvalue weighted by Gasteiger charge is -2.31. The summed E-state index contributed by atoms with van der Waals surface area (Å²) < 4.78 is 33.6. The van der Waals surface area contributed by atoms with Crippen molar-refractivity contribution in [2.45, 2.75) is 11.4 Å². The molecule has 2 aromatic heterocycles. The van der Waals surface area contributed by atoms with Crippen molar-refractivity contribution in [1.29, 1.82) is 0 Å². The first-order valence-corrected chi connectivity index (χ1v) is 10.9. The number of nitrogens with zero attached hydrogens (tertiary/aromatic N) is 5. The number of ether oxygens (including phenoxy) is 1. The fourth-order valence-electron chi connectivity index (χ4n) is 3.81. The molecule has 0 saturated carbocycles. The Morgan fingerprint density at radius 1 is 1.23 bits per heavy atom. The minimum absolute atomic E-state index is 0.266. The number of rotatable bonds is 3. The van der Waals surface area contributed by atoms with E-state index in [4.69, 9.17) is 4.74 Å². The molecule has 0 atom stereocenters. The third kappa shape index (κ3) is 3.02. The van der Waals surface area contributed by atoms with E-state index in [9.17, 15) is 13.2 Å². The molecule has 4 heterocycles. The zero-order chi connectivity index (χ0) is 20.9. The van der Waals surface area contributed by atoms with Gasteiger partial charge in [0.1, 0.15) is 5.56 Å². The van der Waals surface area contributed by atoms with Gasteiger partial charge in [0.05, 0.1) is 35.7 Å². The summed E-state index contributed by atoms with van der Waals surface area (Å²) in [7, 11) is -1.98. The van der Waals surface area contributed by atoms with Gasteiger partial charge in [0.2, 0.25) is 10.0 Å². The summed E-state index contributed by atoms with van der Waals surface area (Å²) in [6.07, 6.45) is 4.79. The molecule has 5 rings (SSSR count). The molecule has 3 aromatic rings. The van der Waals surface area contributed by atoms with Crippen LogP contribution >= 0.6 is 0 Å². The van der Waals surface area contributed by atoms with Gasteiger partial charge in [-0.3, -0.25) is 4.79 Å². The Hall–Kier alpha value is -3.02. The Kier molecular flexibility index (Phi) is 4.45. The smallest absolute Gasteiger partial charge is 0.261 e.